The Labute approximate surface area is 85.4 Å². The third-order valence-corrected chi connectivity index (χ3v) is 1.47. The number of aldehydes is 1. The average molecular weight is 226 g/mol. The van der Waals surface area contributed by atoms with Crippen LogP contribution >= 0.6 is 0 Å². The highest BCUT2D eigenvalue weighted by atomic mass is 17.1. The van der Waals surface area contributed by atoms with E-state index in [1.54, 1.807) is 0 Å². The van der Waals surface area contributed by atoms with Crippen LogP contribution in [-0.4, -0.2) is 50.6 Å². The van der Waals surface area contributed by atoms with Crippen LogP contribution in [0.2, 0.25) is 0 Å². The number of hydrogen-bond acceptors (Lipinski definition) is 9. The monoisotopic (exact) mass is 226 g/mol. The first-order valence-electron chi connectivity index (χ1n) is 4.15. The molecule has 0 aromatic heterocycles. The number of carbonyl (C=O) groups is 1. The number of nitrogens with zero attached hydrogens (tertiary/aromatic N) is 2. The van der Waals surface area contributed by atoms with Crippen LogP contribution in [-0.2, 0) is 14.5 Å². The van der Waals surface area contributed by atoms with Gasteiger partial charge in [0.1, 0.15) is 19.0 Å². The Morgan fingerprint density at radius 2 is 1.87 bits per heavy atom. The first-order valence-corrected chi connectivity index (χ1v) is 4.15. The smallest absolute Gasteiger partial charge is 0.119 e. The molecule has 0 heterocycles. The van der Waals surface area contributed by atoms with Crippen LogP contribution in [0.15, 0.2) is 0 Å². The molecule has 9 nitrogen and oxygen atoms in total. The van der Waals surface area contributed by atoms with Crippen molar-refractivity contribution in [2.75, 3.05) is 6.61 Å². The molecule has 0 aromatic rings. The van der Waals surface area contributed by atoms with E-state index in [0.29, 0.717) is 19.1 Å². The van der Waals surface area contributed by atoms with E-state index in [4.69, 9.17) is 20.8 Å². The van der Waals surface area contributed by atoms with E-state index in [0.717, 1.165) is 0 Å². The lowest BCUT2D eigenvalue weighted by atomic mass is 10.2. The summed E-state index contributed by atoms with van der Waals surface area (Å²) in [4.78, 5) is 18.6. The lowest BCUT2D eigenvalue weighted by Crippen LogP contribution is -2.31. The molecule has 0 saturated heterocycles. The van der Waals surface area contributed by atoms with Gasteiger partial charge in [-0.25, -0.2) is 9.68 Å². The standard InChI is InChI=1S/C6H14N2O7/c9-4-2-1-3-6(15-8(12)13)5-14-7(10)11/h4,6,10-13H,1-3,5H2. The van der Waals surface area contributed by atoms with Gasteiger partial charge < -0.3 is 4.79 Å². The molecule has 0 aliphatic rings. The lowest BCUT2D eigenvalue weighted by Gasteiger charge is -2.18. The molecule has 0 bridgehead atoms. The minimum atomic E-state index is -0.818. The van der Waals surface area contributed by atoms with Crippen LogP contribution in [0.4, 0.5) is 0 Å². The van der Waals surface area contributed by atoms with Crippen LogP contribution in [0.3, 0.4) is 0 Å². The number of hydrogen-bond donors (Lipinski definition) is 4. The van der Waals surface area contributed by atoms with Crippen molar-refractivity contribution in [3.8, 4) is 0 Å². The maximum atomic E-state index is 10.0. The molecule has 1 atom stereocenters. The predicted molar refractivity (Wildman–Crippen MR) is 41.6 cm³/mol. The third-order valence-electron chi connectivity index (χ3n) is 1.47. The maximum absolute atomic E-state index is 10.0. The number of carbonyl (C=O) groups excluding carboxylic acids is 1. The van der Waals surface area contributed by atoms with Gasteiger partial charge in [-0.05, 0) is 12.8 Å². The normalized spacial score (nSPS) is 13.5. The second-order valence-electron chi connectivity index (χ2n) is 2.63. The molecule has 4 N–H and O–H groups in total. The van der Waals surface area contributed by atoms with E-state index in [1.165, 1.54) is 0 Å². The molecule has 0 spiro atoms. The summed E-state index contributed by atoms with van der Waals surface area (Å²) in [6, 6.07) is 0. The van der Waals surface area contributed by atoms with Gasteiger partial charge in [0, 0.05) is 6.42 Å². The Balaban J connectivity index is 3.78. The molecule has 0 amide bonds. The summed E-state index contributed by atoms with van der Waals surface area (Å²) >= 11 is 0. The van der Waals surface area contributed by atoms with E-state index >= 15 is 0 Å². The van der Waals surface area contributed by atoms with Crippen LogP contribution in [0.25, 0.3) is 0 Å². The predicted octanol–water partition coefficient (Wildman–Crippen LogP) is -0.252. The molecule has 0 aliphatic carbocycles. The molecular formula is C6H14N2O7. The Hall–Kier alpha value is -0.650. The second kappa shape index (κ2) is 8.64. The largest absolute Gasteiger partial charge is 0.303 e. The van der Waals surface area contributed by atoms with Crippen LogP contribution in [0.5, 0.6) is 0 Å². The molecule has 9 heteroatoms. The van der Waals surface area contributed by atoms with Crippen molar-refractivity contribution in [3.63, 3.8) is 0 Å². The van der Waals surface area contributed by atoms with Gasteiger partial charge in [-0.2, -0.15) is 0 Å². The fourth-order valence-electron chi connectivity index (χ4n) is 0.878. The first-order chi connectivity index (χ1) is 7.06. The van der Waals surface area contributed by atoms with Gasteiger partial charge in [0.25, 0.3) is 0 Å². The van der Waals surface area contributed by atoms with E-state index in [9.17, 15) is 4.79 Å². The topological polar surface area (TPSA) is 123 Å². The van der Waals surface area contributed by atoms with Crippen molar-refractivity contribution in [1.82, 2.24) is 10.8 Å². The quantitative estimate of drug-likeness (QED) is 0.239. The zero-order chi connectivity index (χ0) is 11.7. The molecule has 0 aliphatic heterocycles. The third kappa shape index (κ3) is 9.65. The first kappa shape index (κ1) is 14.3. The zero-order valence-electron chi connectivity index (χ0n) is 7.89. The lowest BCUT2D eigenvalue weighted by molar-refractivity contribution is -0.527. The Morgan fingerprint density at radius 3 is 2.33 bits per heavy atom. The summed E-state index contributed by atoms with van der Waals surface area (Å²) in [5, 5.41) is 32.1. The van der Waals surface area contributed by atoms with Crippen molar-refractivity contribution in [3.05, 3.63) is 0 Å². The van der Waals surface area contributed by atoms with Gasteiger partial charge in [0.15, 0.2) is 0 Å². The minimum absolute atomic E-state index is 0.282. The van der Waals surface area contributed by atoms with Gasteiger partial charge in [0.05, 0.1) is 10.8 Å². The SMILES string of the molecule is O=CCCCC(CON(O)O)ON(O)O. The Morgan fingerprint density at radius 1 is 1.20 bits per heavy atom. The summed E-state index contributed by atoms with van der Waals surface area (Å²) < 4.78 is 0. The molecule has 0 fully saturated rings. The average Bonchev–Trinajstić information content (AvgIpc) is 2.13. The summed E-state index contributed by atoms with van der Waals surface area (Å²) in [6.07, 6.45) is 0.907. The second-order valence-corrected chi connectivity index (χ2v) is 2.63. The molecule has 1 unspecified atom stereocenters. The molecular weight excluding hydrogens is 212 g/mol. The minimum Gasteiger partial charge on any atom is -0.303 e. The number of rotatable bonds is 9. The van der Waals surface area contributed by atoms with Crippen molar-refractivity contribution in [2.24, 2.45) is 0 Å². The highest BCUT2D eigenvalue weighted by Crippen LogP contribution is 2.06. The van der Waals surface area contributed by atoms with Crippen LogP contribution < -0.4 is 0 Å². The van der Waals surface area contributed by atoms with E-state index in [1.807, 2.05) is 0 Å². The zero-order valence-corrected chi connectivity index (χ0v) is 7.89. The molecule has 0 radical (unpaired) electrons. The maximum Gasteiger partial charge on any atom is 0.119 e. The van der Waals surface area contributed by atoms with Crippen molar-refractivity contribution < 1.29 is 35.3 Å². The summed E-state index contributed by atoms with van der Waals surface area (Å²) in [5.41, 5.74) is 0. The van der Waals surface area contributed by atoms with Crippen molar-refractivity contribution in [1.29, 1.82) is 0 Å². The summed E-state index contributed by atoms with van der Waals surface area (Å²) in [7, 11) is 0. The Bertz CT molecular complexity index is 166. The molecule has 0 aromatic carbocycles. The van der Waals surface area contributed by atoms with Gasteiger partial charge in [0.2, 0.25) is 0 Å². The van der Waals surface area contributed by atoms with E-state index < -0.39 is 16.9 Å². The number of unbranched alkanes of at least 4 members (excludes halogenated alkanes) is 1. The van der Waals surface area contributed by atoms with Crippen molar-refractivity contribution in [2.45, 2.75) is 25.4 Å². The van der Waals surface area contributed by atoms with Gasteiger partial charge in [-0.15, -0.1) is 0 Å². The van der Waals surface area contributed by atoms with Gasteiger partial charge in [-0.3, -0.25) is 20.8 Å². The summed E-state index contributed by atoms with van der Waals surface area (Å²) in [6.45, 7) is -0.316. The van der Waals surface area contributed by atoms with E-state index in [2.05, 4.69) is 9.68 Å². The van der Waals surface area contributed by atoms with Crippen LogP contribution in [0.1, 0.15) is 19.3 Å². The fraction of sp³-hybridized carbons (Fsp3) is 0.833. The Kier molecular flexibility index (Phi) is 8.27. The van der Waals surface area contributed by atoms with Gasteiger partial charge >= 0.3 is 0 Å². The highest BCUT2D eigenvalue weighted by Gasteiger charge is 2.14. The summed E-state index contributed by atoms with van der Waals surface area (Å²) in [5.74, 6) is 0. The fourth-order valence-corrected chi connectivity index (χ4v) is 0.878. The van der Waals surface area contributed by atoms with Crippen LogP contribution in [0, 0.1) is 0 Å². The molecule has 0 rings (SSSR count). The van der Waals surface area contributed by atoms with E-state index in [-0.39, 0.29) is 13.0 Å². The molecule has 15 heavy (non-hydrogen) atoms. The molecule has 90 valence electrons. The van der Waals surface area contributed by atoms with Gasteiger partial charge in [-0.1, -0.05) is 0 Å². The highest BCUT2D eigenvalue weighted by molar-refractivity contribution is 5.48. The van der Waals surface area contributed by atoms with Crippen molar-refractivity contribution >= 4 is 6.29 Å². The molecule has 0 saturated carbocycles.